The summed E-state index contributed by atoms with van der Waals surface area (Å²) in [7, 11) is 0. The Balaban J connectivity index is 2.29. The molecule has 1 N–H and O–H groups in total. The van der Waals surface area contributed by atoms with E-state index in [9.17, 15) is 0 Å². The molecule has 1 aromatic rings. The summed E-state index contributed by atoms with van der Waals surface area (Å²) in [6.45, 7) is 5.01. The van der Waals surface area contributed by atoms with E-state index in [4.69, 9.17) is 11.2 Å². The quantitative estimate of drug-likeness (QED) is 0.735. The molecule has 2 rings (SSSR count). The number of nitrogens with one attached hydrogen (secondary N) is 1. The molecule has 0 aliphatic carbocycles. The van der Waals surface area contributed by atoms with Crippen molar-refractivity contribution in [2.75, 3.05) is 6.54 Å². The summed E-state index contributed by atoms with van der Waals surface area (Å²) < 4.78 is 5.49. The van der Waals surface area contributed by atoms with Gasteiger partial charge in [-0.1, -0.05) is 36.8 Å². The number of rotatable bonds is 2. The molecule has 1 unspecified atom stereocenters. The van der Waals surface area contributed by atoms with Crippen molar-refractivity contribution < 1.29 is 4.74 Å². The molecular formula is C13H13NO. The van der Waals surface area contributed by atoms with Crippen LogP contribution in [0.2, 0.25) is 0 Å². The Morgan fingerprint density at radius 2 is 2.33 bits per heavy atom. The van der Waals surface area contributed by atoms with Crippen LogP contribution >= 0.6 is 0 Å². The molecule has 0 bridgehead atoms. The van der Waals surface area contributed by atoms with Crippen LogP contribution < -0.4 is 5.32 Å². The second-order valence-corrected chi connectivity index (χ2v) is 3.47. The molecule has 0 spiro atoms. The first kappa shape index (κ1) is 9.82. The number of fused-ring (bicyclic) bond motifs is 1. The number of benzene rings is 1. The maximum atomic E-state index is 5.49. The van der Waals surface area contributed by atoms with Crippen LogP contribution in [-0.2, 0) is 11.3 Å². The zero-order valence-electron chi connectivity index (χ0n) is 8.49. The van der Waals surface area contributed by atoms with Gasteiger partial charge in [-0.05, 0) is 11.1 Å². The van der Waals surface area contributed by atoms with Gasteiger partial charge in [0.2, 0.25) is 0 Å². The Labute approximate surface area is 90.0 Å². The van der Waals surface area contributed by atoms with E-state index in [1.54, 1.807) is 0 Å². The fraction of sp³-hybridized carbons (Fsp3) is 0.231. The van der Waals surface area contributed by atoms with Gasteiger partial charge in [0.15, 0.2) is 0 Å². The minimum Gasteiger partial charge on any atom is -0.492 e. The highest BCUT2D eigenvalue weighted by Crippen LogP contribution is 2.30. The summed E-state index contributed by atoms with van der Waals surface area (Å²) in [5, 5.41) is 3.22. The second-order valence-electron chi connectivity index (χ2n) is 3.47. The SMILES string of the molecule is C#CCNC1C(=C)OCc2ccccc21. The Bertz CT molecular complexity index is 417. The van der Waals surface area contributed by atoms with Gasteiger partial charge in [0.05, 0.1) is 12.6 Å². The Morgan fingerprint density at radius 3 is 3.13 bits per heavy atom. The lowest BCUT2D eigenvalue weighted by Gasteiger charge is -2.28. The third-order valence-electron chi connectivity index (χ3n) is 2.51. The highest BCUT2D eigenvalue weighted by Gasteiger charge is 2.23. The van der Waals surface area contributed by atoms with Crippen molar-refractivity contribution >= 4 is 0 Å². The third kappa shape index (κ3) is 1.88. The molecule has 2 nitrogen and oxygen atoms in total. The van der Waals surface area contributed by atoms with Gasteiger partial charge in [-0.15, -0.1) is 6.42 Å². The van der Waals surface area contributed by atoms with E-state index in [1.165, 1.54) is 11.1 Å². The van der Waals surface area contributed by atoms with Crippen molar-refractivity contribution in [3.05, 3.63) is 47.7 Å². The van der Waals surface area contributed by atoms with Crippen molar-refractivity contribution in [2.24, 2.45) is 0 Å². The fourth-order valence-corrected chi connectivity index (χ4v) is 1.76. The maximum Gasteiger partial charge on any atom is 0.113 e. The molecule has 0 aromatic heterocycles. The molecule has 0 saturated carbocycles. The molecule has 1 aliphatic heterocycles. The van der Waals surface area contributed by atoms with Gasteiger partial charge in [-0.3, -0.25) is 5.32 Å². The fourth-order valence-electron chi connectivity index (χ4n) is 1.76. The highest BCUT2D eigenvalue weighted by atomic mass is 16.5. The van der Waals surface area contributed by atoms with Crippen LogP contribution in [0.3, 0.4) is 0 Å². The lowest BCUT2D eigenvalue weighted by atomic mass is 9.97. The second kappa shape index (κ2) is 4.20. The van der Waals surface area contributed by atoms with Gasteiger partial charge in [-0.2, -0.15) is 0 Å². The Morgan fingerprint density at radius 1 is 1.53 bits per heavy atom. The summed E-state index contributed by atoms with van der Waals surface area (Å²) in [5.41, 5.74) is 2.41. The first-order chi connectivity index (χ1) is 7.33. The average Bonchev–Trinajstić information content (AvgIpc) is 2.28. The molecule has 15 heavy (non-hydrogen) atoms. The van der Waals surface area contributed by atoms with Crippen molar-refractivity contribution in [3.8, 4) is 12.3 Å². The molecule has 0 amide bonds. The number of hydrogen-bond donors (Lipinski definition) is 1. The molecule has 76 valence electrons. The van der Waals surface area contributed by atoms with Crippen LogP contribution in [-0.4, -0.2) is 6.54 Å². The van der Waals surface area contributed by atoms with Crippen LogP contribution in [0.4, 0.5) is 0 Å². The number of hydrogen-bond acceptors (Lipinski definition) is 2. The van der Waals surface area contributed by atoms with Crippen molar-refractivity contribution in [1.29, 1.82) is 0 Å². The summed E-state index contributed by atoms with van der Waals surface area (Å²) in [6, 6.07) is 8.19. The van der Waals surface area contributed by atoms with Gasteiger partial charge in [0.1, 0.15) is 12.4 Å². The van der Waals surface area contributed by atoms with Crippen LogP contribution in [0.15, 0.2) is 36.6 Å². The van der Waals surface area contributed by atoms with Crippen molar-refractivity contribution in [1.82, 2.24) is 5.32 Å². The van der Waals surface area contributed by atoms with E-state index >= 15 is 0 Å². The number of terminal acetylenes is 1. The lowest BCUT2D eigenvalue weighted by Crippen LogP contribution is -2.28. The average molecular weight is 199 g/mol. The predicted molar refractivity (Wildman–Crippen MR) is 59.9 cm³/mol. The standard InChI is InChI=1S/C13H13NO/c1-3-8-14-13-10(2)15-9-11-6-4-5-7-12(11)13/h1,4-7,13-14H,2,8-9H2. The molecule has 0 fully saturated rings. The van der Waals surface area contributed by atoms with Crippen LogP contribution in [0.25, 0.3) is 0 Å². The van der Waals surface area contributed by atoms with Gasteiger partial charge in [-0.25, -0.2) is 0 Å². The Kier molecular flexibility index (Phi) is 2.75. The monoisotopic (exact) mass is 199 g/mol. The van der Waals surface area contributed by atoms with Gasteiger partial charge < -0.3 is 4.74 Å². The molecule has 1 atom stereocenters. The van der Waals surface area contributed by atoms with E-state index in [0.717, 1.165) is 5.76 Å². The van der Waals surface area contributed by atoms with E-state index in [0.29, 0.717) is 13.2 Å². The molecule has 1 heterocycles. The smallest absolute Gasteiger partial charge is 0.113 e. The molecule has 1 aliphatic rings. The van der Waals surface area contributed by atoms with E-state index < -0.39 is 0 Å². The molecule has 2 heteroatoms. The highest BCUT2D eigenvalue weighted by molar-refractivity contribution is 5.35. The normalized spacial score (nSPS) is 18.9. The first-order valence-electron chi connectivity index (χ1n) is 4.89. The van der Waals surface area contributed by atoms with Gasteiger partial charge in [0.25, 0.3) is 0 Å². The van der Waals surface area contributed by atoms with E-state index in [1.807, 2.05) is 12.1 Å². The third-order valence-corrected chi connectivity index (χ3v) is 2.51. The van der Waals surface area contributed by atoms with Gasteiger partial charge >= 0.3 is 0 Å². The minimum atomic E-state index is 0.0194. The molecule has 0 radical (unpaired) electrons. The molecule has 0 saturated heterocycles. The molecule has 1 aromatic carbocycles. The predicted octanol–water partition coefficient (Wildman–Crippen LogP) is 1.99. The maximum absolute atomic E-state index is 5.49. The summed E-state index contributed by atoms with van der Waals surface area (Å²) in [4.78, 5) is 0. The first-order valence-corrected chi connectivity index (χ1v) is 4.89. The van der Waals surface area contributed by atoms with Gasteiger partial charge in [0, 0.05) is 0 Å². The van der Waals surface area contributed by atoms with E-state index in [2.05, 4.69) is 29.9 Å². The topological polar surface area (TPSA) is 21.3 Å². The lowest BCUT2D eigenvalue weighted by molar-refractivity contribution is 0.158. The minimum absolute atomic E-state index is 0.0194. The van der Waals surface area contributed by atoms with Crippen LogP contribution in [0, 0.1) is 12.3 Å². The molecular weight excluding hydrogens is 186 g/mol. The largest absolute Gasteiger partial charge is 0.492 e. The van der Waals surface area contributed by atoms with Crippen molar-refractivity contribution in [3.63, 3.8) is 0 Å². The van der Waals surface area contributed by atoms with E-state index in [-0.39, 0.29) is 6.04 Å². The summed E-state index contributed by atoms with van der Waals surface area (Å²) in [5.74, 6) is 3.30. The van der Waals surface area contributed by atoms with Crippen LogP contribution in [0.5, 0.6) is 0 Å². The Hall–Kier alpha value is -1.72. The zero-order chi connectivity index (χ0) is 10.7. The zero-order valence-corrected chi connectivity index (χ0v) is 8.49. The number of ether oxygens (including phenoxy) is 1. The van der Waals surface area contributed by atoms with Crippen LogP contribution in [0.1, 0.15) is 17.2 Å². The summed E-state index contributed by atoms with van der Waals surface area (Å²) >= 11 is 0. The van der Waals surface area contributed by atoms with Crippen molar-refractivity contribution in [2.45, 2.75) is 12.6 Å². The summed E-state index contributed by atoms with van der Waals surface area (Å²) in [6.07, 6.45) is 5.23.